The smallest absolute Gasteiger partial charge is 0.258 e. The van der Waals surface area contributed by atoms with E-state index in [2.05, 4.69) is 21.3 Å². The highest BCUT2D eigenvalue weighted by Crippen LogP contribution is 2.29. The maximum atomic E-state index is 13.0. The van der Waals surface area contributed by atoms with E-state index in [0.717, 1.165) is 5.56 Å². The molecule has 3 aromatic rings. The lowest BCUT2D eigenvalue weighted by Crippen LogP contribution is -2.21. The number of hydrazone groups is 1. The van der Waals surface area contributed by atoms with Crippen molar-refractivity contribution in [3.8, 4) is 12.3 Å². The van der Waals surface area contributed by atoms with Gasteiger partial charge in [-0.15, -0.1) is 6.42 Å². The molecule has 2 aromatic carbocycles. The third-order valence-corrected chi connectivity index (χ3v) is 4.57. The zero-order valence-corrected chi connectivity index (χ0v) is 18.2. The van der Waals surface area contributed by atoms with Crippen LogP contribution in [0.2, 0.25) is 5.02 Å². The number of carbonyl (C=O) groups excluding carboxylic acids is 2. The number of nitrogens with zero attached hydrogens (tertiary/aromatic N) is 4. The number of nitrogens with one attached hydrogen (secondary N) is 1. The van der Waals surface area contributed by atoms with E-state index in [0.29, 0.717) is 34.2 Å². The van der Waals surface area contributed by atoms with Crippen LogP contribution in [0.25, 0.3) is 0 Å². The molecule has 3 rings (SSSR count). The molecule has 1 heterocycles. The Bertz CT molecular complexity index is 1180. The van der Waals surface area contributed by atoms with Crippen molar-refractivity contribution in [3.05, 3.63) is 82.5 Å². The van der Waals surface area contributed by atoms with Gasteiger partial charge in [-0.1, -0.05) is 29.7 Å². The predicted octanol–water partition coefficient (Wildman–Crippen LogP) is 4.16. The van der Waals surface area contributed by atoms with Gasteiger partial charge in [0.05, 0.1) is 22.5 Å². The van der Waals surface area contributed by atoms with Gasteiger partial charge in [0.25, 0.3) is 5.91 Å². The van der Waals surface area contributed by atoms with Crippen LogP contribution in [0, 0.1) is 12.3 Å². The van der Waals surface area contributed by atoms with Crippen molar-refractivity contribution in [2.45, 2.75) is 0 Å². The van der Waals surface area contributed by atoms with Crippen LogP contribution in [-0.2, 0) is 4.79 Å². The molecule has 0 fully saturated rings. The number of halogens is 1. The Morgan fingerprint density at radius 1 is 1.16 bits per heavy atom. The standard InChI is InChI=1S/C24H20ClN5O2/c1-4-17-7-11-22(21(13-17)24(32)28-23-12-8-19(25)15-26-23)30(16-31)20-9-5-18(6-10-20)14-27-29(2)3/h1,5-16H,2-3H3,(H,26,28,32). The molecule has 0 aliphatic heterocycles. The number of anilines is 3. The summed E-state index contributed by atoms with van der Waals surface area (Å²) in [4.78, 5) is 30.5. The van der Waals surface area contributed by atoms with E-state index in [4.69, 9.17) is 18.0 Å². The minimum absolute atomic E-state index is 0.225. The van der Waals surface area contributed by atoms with Gasteiger partial charge in [-0.2, -0.15) is 5.10 Å². The average molecular weight is 446 g/mol. The molecule has 0 aliphatic carbocycles. The van der Waals surface area contributed by atoms with Gasteiger partial charge in [0.1, 0.15) is 5.82 Å². The summed E-state index contributed by atoms with van der Waals surface area (Å²) in [6, 6.07) is 15.2. The van der Waals surface area contributed by atoms with Crippen LogP contribution in [0.15, 0.2) is 65.9 Å². The van der Waals surface area contributed by atoms with Crippen LogP contribution < -0.4 is 10.2 Å². The SMILES string of the molecule is C#Cc1ccc(N(C=O)c2ccc(C=NN(C)C)cc2)c(C(=O)Nc2ccc(Cl)cn2)c1. The molecule has 0 saturated heterocycles. The molecule has 0 unspecified atom stereocenters. The lowest BCUT2D eigenvalue weighted by atomic mass is 10.1. The largest absolute Gasteiger partial charge is 0.306 e. The van der Waals surface area contributed by atoms with Crippen LogP contribution in [-0.4, -0.2) is 42.6 Å². The number of hydrogen-bond donors (Lipinski definition) is 1. The molecule has 8 heteroatoms. The van der Waals surface area contributed by atoms with Crippen molar-refractivity contribution >= 4 is 47.3 Å². The number of rotatable bonds is 7. The van der Waals surface area contributed by atoms with Crippen LogP contribution in [0.5, 0.6) is 0 Å². The Kier molecular flexibility index (Phi) is 7.21. The third kappa shape index (κ3) is 5.50. The summed E-state index contributed by atoms with van der Waals surface area (Å²) in [5.74, 6) is 2.36. The molecule has 0 bridgehead atoms. The summed E-state index contributed by atoms with van der Waals surface area (Å²) in [5, 5.41) is 9.02. The molecule has 0 spiro atoms. The molecule has 2 amide bonds. The summed E-state index contributed by atoms with van der Waals surface area (Å²) >= 11 is 5.85. The second-order valence-electron chi connectivity index (χ2n) is 6.85. The van der Waals surface area contributed by atoms with E-state index in [1.807, 2.05) is 26.2 Å². The first-order chi connectivity index (χ1) is 15.4. The van der Waals surface area contributed by atoms with E-state index in [1.165, 1.54) is 11.1 Å². The van der Waals surface area contributed by atoms with E-state index >= 15 is 0 Å². The maximum absolute atomic E-state index is 13.0. The average Bonchev–Trinajstić information content (AvgIpc) is 2.80. The summed E-state index contributed by atoms with van der Waals surface area (Å²) in [5.41, 5.74) is 2.55. The lowest BCUT2D eigenvalue weighted by molar-refractivity contribution is -0.106. The molecule has 160 valence electrons. The Labute approximate surface area is 191 Å². The van der Waals surface area contributed by atoms with Crippen molar-refractivity contribution in [1.82, 2.24) is 9.99 Å². The number of carbonyl (C=O) groups is 2. The molecule has 0 radical (unpaired) electrons. The Hall–Kier alpha value is -4.15. The summed E-state index contributed by atoms with van der Waals surface area (Å²) in [6.45, 7) is 0. The quantitative estimate of drug-likeness (QED) is 0.256. The first-order valence-corrected chi connectivity index (χ1v) is 9.88. The Balaban J connectivity index is 1.96. The molecule has 32 heavy (non-hydrogen) atoms. The molecule has 0 aliphatic rings. The molecule has 1 aromatic heterocycles. The Morgan fingerprint density at radius 3 is 2.50 bits per heavy atom. The van der Waals surface area contributed by atoms with Crippen LogP contribution >= 0.6 is 11.6 Å². The van der Waals surface area contributed by atoms with Crippen LogP contribution in [0.4, 0.5) is 17.2 Å². The normalized spacial score (nSPS) is 10.4. The molecular formula is C24H20ClN5O2. The van der Waals surface area contributed by atoms with Crippen molar-refractivity contribution in [2.24, 2.45) is 5.10 Å². The van der Waals surface area contributed by atoms with Gasteiger partial charge in [-0.05, 0) is 48.0 Å². The molecule has 7 nitrogen and oxygen atoms in total. The molecule has 1 N–H and O–H groups in total. The van der Waals surface area contributed by atoms with Gasteiger partial charge in [-0.3, -0.25) is 14.5 Å². The summed E-state index contributed by atoms with van der Waals surface area (Å²) in [7, 11) is 3.65. The first kappa shape index (κ1) is 22.5. The fourth-order valence-electron chi connectivity index (χ4n) is 2.81. The van der Waals surface area contributed by atoms with Gasteiger partial charge in [0.15, 0.2) is 0 Å². The van der Waals surface area contributed by atoms with Gasteiger partial charge in [0, 0.05) is 31.5 Å². The predicted molar refractivity (Wildman–Crippen MR) is 128 cm³/mol. The van der Waals surface area contributed by atoms with E-state index in [-0.39, 0.29) is 5.56 Å². The fraction of sp³-hybridized carbons (Fsp3) is 0.0833. The van der Waals surface area contributed by atoms with Crippen molar-refractivity contribution in [2.75, 3.05) is 24.3 Å². The number of aromatic nitrogens is 1. The highest BCUT2D eigenvalue weighted by Gasteiger charge is 2.19. The minimum Gasteiger partial charge on any atom is -0.306 e. The molecule has 0 saturated carbocycles. The van der Waals surface area contributed by atoms with Crippen LogP contribution in [0.1, 0.15) is 21.5 Å². The van der Waals surface area contributed by atoms with Gasteiger partial charge >= 0.3 is 0 Å². The maximum Gasteiger partial charge on any atom is 0.258 e. The van der Waals surface area contributed by atoms with Crippen molar-refractivity contribution in [3.63, 3.8) is 0 Å². The van der Waals surface area contributed by atoms with Gasteiger partial charge < -0.3 is 10.3 Å². The summed E-state index contributed by atoms with van der Waals surface area (Å²) in [6.07, 6.45) is 9.29. The van der Waals surface area contributed by atoms with Crippen molar-refractivity contribution in [1.29, 1.82) is 0 Å². The third-order valence-electron chi connectivity index (χ3n) is 4.35. The number of pyridine rings is 1. The summed E-state index contributed by atoms with van der Waals surface area (Å²) < 4.78 is 0. The van der Waals surface area contributed by atoms with E-state index in [1.54, 1.807) is 53.7 Å². The zero-order chi connectivity index (χ0) is 23.1. The Morgan fingerprint density at radius 2 is 1.91 bits per heavy atom. The highest BCUT2D eigenvalue weighted by molar-refractivity contribution is 6.30. The monoisotopic (exact) mass is 445 g/mol. The van der Waals surface area contributed by atoms with Crippen LogP contribution in [0.3, 0.4) is 0 Å². The second kappa shape index (κ2) is 10.2. The van der Waals surface area contributed by atoms with E-state index < -0.39 is 5.91 Å². The zero-order valence-electron chi connectivity index (χ0n) is 17.5. The van der Waals surface area contributed by atoms with E-state index in [9.17, 15) is 9.59 Å². The second-order valence-corrected chi connectivity index (χ2v) is 7.29. The molecular weight excluding hydrogens is 426 g/mol. The minimum atomic E-state index is -0.464. The molecule has 0 atom stereocenters. The highest BCUT2D eigenvalue weighted by atomic mass is 35.5. The number of benzene rings is 2. The number of amides is 2. The van der Waals surface area contributed by atoms with Gasteiger partial charge in [-0.25, -0.2) is 4.98 Å². The first-order valence-electron chi connectivity index (χ1n) is 9.50. The fourth-order valence-corrected chi connectivity index (χ4v) is 2.92. The lowest BCUT2D eigenvalue weighted by Gasteiger charge is -2.21. The number of hydrogen-bond acceptors (Lipinski definition) is 5. The van der Waals surface area contributed by atoms with Crippen molar-refractivity contribution < 1.29 is 9.59 Å². The number of terminal acetylenes is 1. The van der Waals surface area contributed by atoms with Gasteiger partial charge in [0.2, 0.25) is 6.41 Å². The topological polar surface area (TPSA) is 77.9 Å².